The van der Waals surface area contributed by atoms with Crippen molar-refractivity contribution in [1.82, 2.24) is 20.0 Å². The van der Waals surface area contributed by atoms with Crippen LogP contribution in [0.1, 0.15) is 43.5 Å². The van der Waals surface area contributed by atoms with Gasteiger partial charge in [0.25, 0.3) is 0 Å². The van der Waals surface area contributed by atoms with Crippen molar-refractivity contribution in [2.75, 3.05) is 19.6 Å². The van der Waals surface area contributed by atoms with E-state index in [4.69, 9.17) is 0 Å². The van der Waals surface area contributed by atoms with E-state index < -0.39 is 0 Å². The minimum atomic E-state index is 0.0592. The summed E-state index contributed by atoms with van der Waals surface area (Å²) >= 11 is 0. The number of carbonyl (C=O) groups is 1. The summed E-state index contributed by atoms with van der Waals surface area (Å²) in [6.07, 6.45) is 6.07. The number of amides is 1. The maximum absolute atomic E-state index is 12.8. The Morgan fingerprint density at radius 2 is 2.10 bits per heavy atom. The topological polar surface area (TPSA) is 50.2 Å². The highest BCUT2D eigenvalue weighted by molar-refractivity contribution is 5.77. The standard InChI is InChI=1S/C16H26N4O/c1-13-10-14(2)20(18-13)11-15(21)19-9-8-17-12-16(19)6-4-3-5-7-16/h10,17H,3-9,11-12H2,1-2H3. The van der Waals surface area contributed by atoms with Crippen LogP contribution in [0, 0.1) is 13.8 Å². The molecule has 3 rings (SSSR count). The monoisotopic (exact) mass is 290 g/mol. The number of hydrogen-bond acceptors (Lipinski definition) is 3. The average molecular weight is 290 g/mol. The highest BCUT2D eigenvalue weighted by Crippen LogP contribution is 2.34. The van der Waals surface area contributed by atoms with E-state index in [1.807, 2.05) is 24.6 Å². The molecule has 116 valence electrons. The Hall–Kier alpha value is -1.36. The van der Waals surface area contributed by atoms with Crippen molar-refractivity contribution in [2.24, 2.45) is 0 Å². The summed E-state index contributed by atoms with van der Waals surface area (Å²) in [5.74, 6) is 0.226. The molecule has 2 fully saturated rings. The van der Waals surface area contributed by atoms with E-state index >= 15 is 0 Å². The first-order chi connectivity index (χ1) is 10.1. The summed E-state index contributed by atoms with van der Waals surface area (Å²) in [6, 6.07) is 2.03. The first kappa shape index (κ1) is 14.6. The molecule has 0 radical (unpaired) electrons. The Morgan fingerprint density at radius 3 is 2.76 bits per heavy atom. The zero-order valence-corrected chi connectivity index (χ0v) is 13.2. The SMILES string of the molecule is Cc1cc(C)n(CC(=O)N2CCNCC23CCCCC3)n1. The molecule has 5 nitrogen and oxygen atoms in total. The average Bonchev–Trinajstić information content (AvgIpc) is 2.78. The van der Waals surface area contributed by atoms with Gasteiger partial charge in [0.15, 0.2) is 0 Å². The number of rotatable bonds is 2. The van der Waals surface area contributed by atoms with Gasteiger partial charge >= 0.3 is 0 Å². The Bertz CT molecular complexity index is 508. The molecular formula is C16H26N4O. The quantitative estimate of drug-likeness (QED) is 0.901. The van der Waals surface area contributed by atoms with Crippen LogP contribution in [0.25, 0.3) is 0 Å². The predicted octanol–water partition coefficient (Wildman–Crippen LogP) is 1.63. The largest absolute Gasteiger partial charge is 0.333 e. The highest BCUT2D eigenvalue weighted by Gasteiger charge is 2.42. The van der Waals surface area contributed by atoms with Gasteiger partial charge < -0.3 is 10.2 Å². The van der Waals surface area contributed by atoms with Crippen LogP contribution in [0.2, 0.25) is 0 Å². The van der Waals surface area contributed by atoms with Crippen LogP contribution in [-0.2, 0) is 11.3 Å². The fourth-order valence-corrected chi connectivity index (χ4v) is 3.94. The van der Waals surface area contributed by atoms with E-state index in [0.717, 1.165) is 43.9 Å². The molecule has 1 saturated heterocycles. The molecule has 0 bridgehead atoms. The van der Waals surface area contributed by atoms with E-state index in [0.29, 0.717) is 6.54 Å². The Kier molecular flexibility index (Phi) is 4.02. The third kappa shape index (κ3) is 2.84. The zero-order valence-electron chi connectivity index (χ0n) is 13.2. The normalized spacial score (nSPS) is 21.7. The van der Waals surface area contributed by atoms with Crippen LogP contribution in [0.5, 0.6) is 0 Å². The maximum atomic E-state index is 12.8. The predicted molar refractivity (Wildman–Crippen MR) is 82.1 cm³/mol. The molecule has 1 saturated carbocycles. The summed E-state index contributed by atoms with van der Waals surface area (Å²) in [7, 11) is 0. The van der Waals surface area contributed by atoms with Crippen LogP contribution in [0.4, 0.5) is 0 Å². The molecule has 0 atom stereocenters. The molecule has 1 spiro atoms. The second-order valence-corrected chi connectivity index (χ2v) is 6.59. The highest BCUT2D eigenvalue weighted by atomic mass is 16.2. The lowest BCUT2D eigenvalue weighted by atomic mass is 9.79. The lowest BCUT2D eigenvalue weighted by Crippen LogP contribution is -2.64. The molecular weight excluding hydrogens is 264 g/mol. The first-order valence-corrected chi connectivity index (χ1v) is 8.13. The van der Waals surface area contributed by atoms with Crippen molar-refractivity contribution >= 4 is 5.91 Å². The molecule has 2 heterocycles. The van der Waals surface area contributed by atoms with Crippen molar-refractivity contribution in [2.45, 2.75) is 58.0 Å². The van der Waals surface area contributed by atoms with Gasteiger partial charge in [0, 0.05) is 25.3 Å². The number of aromatic nitrogens is 2. The minimum absolute atomic E-state index is 0.0592. The van der Waals surface area contributed by atoms with Gasteiger partial charge in [0.2, 0.25) is 5.91 Å². The molecule has 1 aromatic heterocycles. The van der Waals surface area contributed by atoms with Crippen LogP contribution in [-0.4, -0.2) is 45.8 Å². The summed E-state index contributed by atoms with van der Waals surface area (Å²) < 4.78 is 1.84. The van der Waals surface area contributed by atoms with Gasteiger partial charge in [-0.1, -0.05) is 19.3 Å². The molecule has 1 aromatic rings. The second kappa shape index (κ2) is 5.79. The summed E-state index contributed by atoms with van der Waals surface area (Å²) in [6.45, 7) is 7.06. The number of piperazine rings is 1. The molecule has 5 heteroatoms. The van der Waals surface area contributed by atoms with Gasteiger partial charge in [-0.25, -0.2) is 0 Å². The van der Waals surface area contributed by atoms with Crippen LogP contribution in [0.15, 0.2) is 6.07 Å². The molecule has 0 unspecified atom stereocenters. The van der Waals surface area contributed by atoms with Gasteiger partial charge in [-0.2, -0.15) is 5.10 Å². The van der Waals surface area contributed by atoms with Crippen molar-refractivity contribution < 1.29 is 4.79 Å². The summed E-state index contributed by atoms with van der Waals surface area (Å²) in [5, 5.41) is 7.93. The third-order valence-corrected chi connectivity index (χ3v) is 5.01. The van der Waals surface area contributed by atoms with Gasteiger partial charge in [0.05, 0.1) is 11.2 Å². The lowest BCUT2D eigenvalue weighted by Gasteiger charge is -2.49. The number of nitrogens with one attached hydrogen (secondary N) is 1. The number of carbonyl (C=O) groups excluding carboxylic acids is 1. The lowest BCUT2D eigenvalue weighted by molar-refractivity contribution is -0.141. The third-order valence-electron chi connectivity index (χ3n) is 5.01. The molecule has 1 aliphatic carbocycles. The number of nitrogens with zero attached hydrogens (tertiary/aromatic N) is 3. The fraction of sp³-hybridized carbons (Fsp3) is 0.750. The number of hydrogen-bond donors (Lipinski definition) is 1. The molecule has 2 aliphatic rings. The van der Waals surface area contributed by atoms with Gasteiger partial charge in [-0.3, -0.25) is 9.48 Å². The first-order valence-electron chi connectivity index (χ1n) is 8.13. The van der Waals surface area contributed by atoms with E-state index in [1.165, 1.54) is 19.3 Å². The second-order valence-electron chi connectivity index (χ2n) is 6.59. The van der Waals surface area contributed by atoms with E-state index in [1.54, 1.807) is 0 Å². The number of aryl methyl sites for hydroxylation is 2. The molecule has 1 N–H and O–H groups in total. The van der Waals surface area contributed by atoms with Crippen molar-refractivity contribution in [3.63, 3.8) is 0 Å². The fourth-order valence-electron chi connectivity index (χ4n) is 3.94. The Morgan fingerprint density at radius 1 is 1.33 bits per heavy atom. The molecule has 1 aliphatic heterocycles. The minimum Gasteiger partial charge on any atom is -0.333 e. The van der Waals surface area contributed by atoms with Gasteiger partial charge in [-0.05, 0) is 32.8 Å². The summed E-state index contributed by atoms with van der Waals surface area (Å²) in [5.41, 5.74) is 2.10. The van der Waals surface area contributed by atoms with E-state index in [-0.39, 0.29) is 11.4 Å². The van der Waals surface area contributed by atoms with Crippen molar-refractivity contribution in [3.8, 4) is 0 Å². The van der Waals surface area contributed by atoms with Gasteiger partial charge in [0.1, 0.15) is 6.54 Å². The van der Waals surface area contributed by atoms with Gasteiger partial charge in [-0.15, -0.1) is 0 Å². The molecule has 21 heavy (non-hydrogen) atoms. The smallest absolute Gasteiger partial charge is 0.244 e. The van der Waals surface area contributed by atoms with Crippen molar-refractivity contribution in [1.29, 1.82) is 0 Å². The molecule has 1 amide bonds. The Balaban J connectivity index is 1.76. The maximum Gasteiger partial charge on any atom is 0.244 e. The van der Waals surface area contributed by atoms with Crippen LogP contribution < -0.4 is 5.32 Å². The van der Waals surface area contributed by atoms with E-state index in [9.17, 15) is 4.79 Å². The zero-order chi connectivity index (χ0) is 14.9. The van der Waals surface area contributed by atoms with Crippen molar-refractivity contribution in [3.05, 3.63) is 17.5 Å². The van der Waals surface area contributed by atoms with E-state index in [2.05, 4.69) is 15.3 Å². The Labute approximate surface area is 126 Å². The summed E-state index contributed by atoms with van der Waals surface area (Å²) in [4.78, 5) is 15.0. The van der Waals surface area contributed by atoms with Crippen LogP contribution in [0.3, 0.4) is 0 Å². The van der Waals surface area contributed by atoms with Crippen LogP contribution >= 0.6 is 0 Å². The molecule has 0 aromatic carbocycles.